The van der Waals surface area contributed by atoms with Crippen molar-refractivity contribution in [3.05, 3.63) is 29.3 Å². The minimum Gasteiger partial charge on any atom is -0.489 e. The van der Waals surface area contributed by atoms with Gasteiger partial charge >= 0.3 is 0 Å². The van der Waals surface area contributed by atoms with Gasteiger partial charge in [-0.15, -0.1) is 0 Å². The van der Waals surface area contributed by atoms with Gasteiger partial charge in [0, 0.05) is 25.2 Å². The van der Waals surface area contributed by atoms with E-state index in [-0.39, 0.29) is 11.9 Å². The van der Waals surface area contributed by atoms with Gasteiger partial charge in [-0.05, 0) is 12.6 Å². The highest BCUT2D eigenvalue weighted by Crippen LogP contribution is 2.27. The Kier molecular flexibility index (Phi) is 4.68. The number of halogens is 2. The summed E-state index contributed by atoms with van der Waals surface area (Å²) >= 11 is 0. The zero-order valence-electron chi connectivity index (χ0n) is 10.6. The Balaban J connectivity index is 2.03. The van der Waals surface area contributed by atoms with Gasteiger partial charge in [0.15, 0.2) is 0 Å². The van der Waals surface area contributed by atoms with Crippen LogP contribution in [0.2, 0.25) is 0 Å². The van der Waals surface area contributed by atoms with Gasteiger partial charge in [-0.3, -0.25) is 4.67 Å². The van der Waals surface area contributed by atoms with Crippen molar-refractivity contribution in [1.29, 1.82) is 5.26 Å². The first-order valence-electron chi connectivity index (χ1n) is 6.18. The molecule has 0 aromatic heterocycles. The van der Waals surface area contributed by atoms with E-state index in [1.54, 1.807) is 0 Å². The van der Waals surface area contributed by atoms with Crippen LogP contribution in [-0.2, 0) is 0 Å². The summed E-state index contributed by atoms with van der Waals surface area (Å²) in [6, 6.07) is 3.65. The maximum absolute atomic E-state index is 13.4. The summed E-state index contributed by atoms with van der Waals surface area (Å²) in [6.45, 7) is 3.87. The van der Waals surface area contributed by atoms with Crippen LogP contribution in [0.25, 0.3) is 0 Å². The Morgan fingerprint density at radius 2 is 2.16 bits per heavy atom. The Morgan fingerprint density at radius 3 is 2.74 bits per heavy atom. The van der Waals surface area contributed by atoms with E-state index in [2.05, 4.69) is 11.6 Å². The Bertz CT molecular complexity index is 481. The molecule has 1 heterocycles. The van der Waals surface area contributed by atoms with E-state index < -0.39 is 17.2 Å². The fourth-order valence-corrected chi connectivity index (χ4v) is 3.18. The zero-order valence-corrected chi connectivity index (χ0v) is 11.6. The Morgan fingerprint density at radius 1 is 1.47 bits per heavy atom. The van der Waals surface area contributed by atoms with Crippen molar-refractivity contribution in [2.75, 3.05) is 19.3 Å². The first kappa shape index (κ1) is 14.2. The van der Waals surface area contributed by atoms with Crippen molar-refractivity contribution in [3.8, 4) is 11.8 Å². The van der Waals surface area contributed by atoms with Crippen LogP contribution in [0.1, 0.15) is 18.9 Å². The lowest BCUT2D eigenvalue weighted by Gasteiger charge is -2.16. The second-order valence-corrected chi connectivity index (χ2v) is 6.02. The summed E-state index contributed by atoms with van der Waals surface area (Å²) in [5.41, 5.74) is -0.562. The number of benzene rings is 1. The first-order valence-corrected chi connectivity index (χ1v) is 7.33. The van der Waals surface area contributed by atoms with E-state index in [4.69, 9.17) is 10.00 Å². The van der Waals surface area contributed by atoms with E-state index >= 15 is 0 Å². The third-order valence-electron chi connectivity index (χ3n) is 2.96. The highest BCUT2D eigenvalue weighted by Gasteiger charge is 2.24. The van der Waals surface area contributed by atoms with Gasteiger partial charge in [-0.1, -0.05) is 15.7 Å². The van der Waals surface area contributed by atoms with Gasteiger partial charge in [0.1, 0.15) is 35.1 Å². The van der Waals surface area contributed by atoms with Gasteiger partial charge in [0.25, 0.3) is 0 Å². The molecule has 2 unspecified atom stereocenters. The highest BCUT2D eigenvalue weighted by molar-refractivity contribution is 7.35. The molecule has 1 aromatic rings. The number of nitrogens with zero attached hydrogens (tertiary/aromatic N) is 2. The van der Waals surface area contributed by atoms with Gasteiger partial charge in [0.2, 0.25) is 0 Å². The van der Waals surface area contributed by atoms with E-state index in [9.17, 15) is 8.78 Å². The molecule has 1 saturated heterocycles. The smallest absolute Gasteiger partial charge is 0.147 e. The third kappa shape index (κ3) is 3.40. The number of hydrogen-bond donors (Lipinski definition) is 0. The fourth-order valence-electron chi connectivity index (χ4n) is 2.11. The molecule has 0 aliphatic carbocycles. The van der Waals surface area contributed by atoms with Crippen molar-refractivity contribution < 1.29 is 13.5 Å². The molecule has 6 heteroatoms. The molecule has 1 aliphatic rings. The second kappa shape index (κ2) is 6.27. The SMILES string of the molecule is CCPN1CCC(Oc2cc(F)c(C#N)c(F)c2)C1. The molecule has 3 nitrogen and oxygen atoms in total. The van der Waals surface area contributed by atoms with E-state index in [1.807, 2.05) is 0 Å². The van der Waals surface area contributed by atoms with Gasteiger partial charge < -0.3 is 4.74 Å². The van der Waals surface area contributed by atoms with E-state index in [0.29, 0.717) is 0 Å². The summed E-state index contributed by atoms with van der Waals surface area (Å²) in [5.74, 6) is -1.59. The zero-order chi connectivity index (χ0) is 13.8. The average Bonchev–Trinajstić information content (AvgIpc) is 2.77. The Labute approximate surface area is 113 Å². The van der Waals surface area contributed by atoms with Gasteiger partial charge in [0.05, 0.1) is 0 Å². The quantitative estimate of drug-likeness (QED) is 0.798. The van der Waals surface area contributed by atoms with Crippen LogP contribution >= 0.6 is 8.73 Å². The molecule has 0 amide bonds. The van der Waals surface area contributed by atoms with Gasteiger partial charge in [-0.25, -0.2) is 8.78 Å². The molecular formula is C13H15F2N2OP. The first-order chi connectivity index (χ1) is 9.13. The lowest BCUT2D eigenvalue weighted by atomic mass is 10.2. The van der Waals surface area contributed by atoms with Crippen LogP contribution in [0, 0.1) is 23.0 Å². The third-order valence-corrected chi connectivity index (χ3v) is 4.13. The standard InChI is InChI=1S/C13H15F2N2OP/c1-2-19-17-4-3-9(8-17)18-10-5-12(14)11(7-16)13(15)6-10/h5-6,9,19H,2-4,8H2,1H3. The van der Waals surface area contributed by atoms with E-state index in [0.717, 1.165) is 46.5 Å². The second-order valence-electron chi connectivity index (χ2n) is 4.36. The van der Waals surface area contributed by atoms with Crippen molar-refractivity contribution in [2.45, 2.75) is 19.4 Å². The molecule has 1 aliphatic heterocycles. The number of rotatable bonds is 4. The van der Waals surface area contributed by atoms with Crippen molar-refractivity contribution in [1.82, 2.24) is 4.67 Å². The summed E-state index contributed by atoms with van der Waals surface area (Å²) in [7, 11) is 0.771. The highest BCUT2D eigenvalue weighted by atomic mass is 31.1. The number of nitriles is 1. The topological polar surface area (TPSA) is 36.3 Å². The molecular weight excluding hydrogens is 269 g/mol. The van der Waals surface area contributed by atoms with Crippen LogP contribution < -0.4 is 4.74 Å². The minimum atomic E-state index is -0.872. The maximum atomic E-state index is 13.4. The van der Waals surface area contributed by atoms with Crippen LogP contribution in [0.15, 0.2) is 12.1 Å². The van der Waals surface area contributed by atoms with Crippen LogP contribution in [0.5, 0.6) is 5.75 Å². The minimum absolute atomic E-state index is 0.0363. The monoisotopic (exact) mass is 284 g/mol. The number of ether oxygens (including phenoxy) is 1. The Hall–Kier alpha value is -1.24. The molecule has 0 spiro atoms. The van der Waals surface area contributed by atoms with Crippen molar-refractivity contribution >= 4 is 8.73 Å². The van der Waals surface area contributed by atoms with Crippen LogP contribution in [-0.4, -0.2) is 30.0 Å². The molecule has 2 atom stereocenters. The van der Waals surface area contributed by atoms with Gasteiger partial charge in [-0.2, -0.15) is 5.26 Å². The average molecular weight is 284 g/mol. The molecule has 1 fully saturated rings. The summed E-state index contributed by atoms with van der Waals surface area (Å²) in [6.07, 6.45) is 1.93. The van der Waals surface area contributed by atoms with Crippen molar-refractivity contribution in [2.24, 2.45) is 0 Å². The molecule has 0 saturated carbocycles. The summed E-state index contributed by atoms with van der Waals surface area (Å²) < 4.78 is 34.7. The predicted octanol–water partition coefficient (Wildman–Crippen LogP) is 2.90. The summed E-state index contributed by atoms with van der Waals surface area (Å²) in [5, 5.41) is 8.59. The lowest BCUT2D eigenvalue weighted by molar-refractivity contribution is 0.215. The molecule has 0 bridgehead atoms. The molecule has 19 heavy (non-hydrogen) atoms. The molecule has 0 N–H and O–H groups in total. The fraction of sp³-hybridized carbons (Fsp3) is 0.462. The molecule has 2 rings (SSSR count). The molecule has 0 radical (unpaired) electrons. The van der Waals surface area contributed by atoms with Crippen LogP contribution in [0.4, 0.5) is 8.78 Å². The van der Waals surface area contributed by atoms with E-state index in [1.165, 1.54) is 6.07 Å². The van der Waals surface area contributed by atoms with Crippen LogP contribution in [0.3, 0.4) is 0 Å². The predicted molar refractivity (Wildman–Crippen MR) is 70.5 cm³/mol. The normalized spacial score (nSPS) is 20.0. The largest absolute Gasteiger partial charge is 0.489 e. The van der Waals surface area contributed by atoms with Crippen molar-refractivity contribution in [3.63, 3.8) is 0 Å². The summed E-state index contributed by atoms with van der Waals surface area (Å²) in [4.78, 5) is 0. The molecule has 1 aromatic carbocycles. The number of hydrogen-bond acceptors (Lipinski definition) is 3. The lowest BCUT2D eigenvalue weighted by Crippen LogP contribution is -2.20. The molecule has 102 valence electrons. The maximum Gasteiger partial charge on any atom is 0.147 e.